The first kappa shape index (κ1) is 12.0. The van der Waals surface area contributed by atoms with Crippen LogP contribution in [0, 0.1) is 5.41 Å². The summed E-state index contributed by atoms with van der Waals surface area (Å²) in [6.07, 6.45) is 0.922. The molecule has 4 nitrogen and oxygen atoms in total. The predicted octanol–water partition coefficient (Wildman–Crippen LogP) is 1.54. The molecule has 0 saturated carbocycles. The van der Waals surface area contributed by atoms with E-state index in [4.69, 9.17) is 5.11 Å². The zero-order valence-electron chi connectivity index (χ0n) is 9.66. The molecule has 1 amide bonds. The molecule has 15 heavy (non-hydrogen) atoms. The molecule has 0 bridgehead atoms. The van der Waals surface area contributed by atoms with Crippen LogP contribution in [0.15, 0.2) is 12.7 Å². The minimum atomic E-state index is -0.849. The highest BCUT2D eigenvalue weighted by Gasteiger charge is 2.34. The van der Waals surface area contributed by atoms with Gasteiger partial charge in [0, 0.05) is 25.2 Å². The van der Waals surface area contributed by atoms with Crippen LogP contribution in [0.1, 0.15) is 20.8 Å². The number of amides is 1. The number of carboxylic acid groups (broad SMARTS) is 1. The van der Waals surface area contributed by atoms with Crippen LogP contribution in [0.5, 0.6) is 0 Å². The van der Waals surface area contributed by atoms with Crippen molar-refractivity contribution in [3.63, 3.8) is 0 Å². The third kappa shape index (κ3) is 2.96. The zero-order valence-corrected chi connectivity index (χ0v) is 9.66. The summed E-state index contributed by atoms with van der Waals surface area (Å²) in [4.78, 5) is 12.4. The Morgan fingerprint density at radius 3 is 2.53 bits per heavy atom. The van der Waals surface area contributed by atoms with E-state index in [1.165, 1.54) is 4.90 Å². The second kappa shape index (κ2) is 4.23. The second-order valence-corrected chi connectivity index (χ2v) is 5.12. The quantitative estimate of drug-likeness (QED) is 0.648. The molecule has 2 N–H and O–H groups in total. The van der Waals surface area contributed by atoms with Crippen molar-refractivity contribution in [2.24, 2.45) is 5.41 Å². The van der Waals surface area contributed by atoms with Crippen molar-refractivity contribution in [2.75, 3.05) is 13.1 Å². The Balaban J connectivity index is 2.76. The van der Waals surface area contributed by atoms with Crippen molar-refractivity contribution < 1.29 is 9.90 Å². The zero-order chi connectivity index (χ0) is 11.6. The van der Waals surface area contributed by atoms with Gasteiger partial charge in [0.15, 0.2) is 0 Å². The molecule has 0 radical (unpaired) electrons. The van der Waals surface area contributed by atoms with Crippen LogP contribution < -0.4 is 5.32 Å². The van der Waals surface area contributed by atoms with Crippen molar-refractivity contribution in [2.45, 2.75) is 32.9 Å². The van der Waals surface area contributed by atoms with Crippen LogP contribution in [0.25, 0.3) is 0 Å². The van der Waals surface area contributed by atoms with Crippen LogP contribution >= 0.6 is 0 Å². The average molecular weight is 212 g/mol. The topological polar surface area (TPSA) is 52.6 Å². The van der Waals surface area contributed by atoms with Gasteiger partial charge in [0.2, 0.25) is 0 Å². The standard InChI is InChI=1S/C11H20N2O2/c1-5-8-6-13(10(14)15)7-9(12-8)11(2,3)4/h5,8-9,12H,1,6-7H2,2-4H3,(H,14,15). The Bertz CT molecular complexity index is 258. The van der Waals surface area contributed by atoms with Gasteiger partial charge < -0.3 is 15.3 Å². The summed E-state index contributed by atoms with van der Waals surface area (Å²) in [5, 5.41) is 12.4. The molecule has 1 rings (SSSR count). The van der Waals surface area contributed by atoms with Crippen LogP contribution in [0.2, 0.25) is 0 Å². The van der Waals surface area contributed by atoms with E-state index >= 15 is 0 Å². The maximum Gasteiger partial charge on any atom is 0.407 e. The van der Waals surface area contributed by atoms with Crippen molar-refractivity contribution >= 4 is 6.09 Å². The van der Waals surface area contributed by atoms with Gasteiger partial charge in [0.05, 0.1) is 0 Å². The molecule has 1 heterocycles. The monoisotopic (exact) mass is 212 g/mol. The highest BCUT2D eigenvalue weighted by Crippen LogP contribution is 2.23. The molecule has 0 aromatic heterocycles. The van der Waals surface area contributed by atoms with E-state index in [-0.39, 0.29) is 17.5 Å². The molecule has 0 aromatic carbocycles. The van der Waals surface area contributed by atoms with Gasteiger partial charge in [-0.25, -0.2) is 4.79 Å². The van der Waals surface area contributed by atoms with E-state index in [2.05, 4.69) is 32.7 Å². The Kier molecular flexibility index (Phi) is 3.39. The fourth-order valence-electron chi connectivity index (χ4n) is 1.72. The van der Waals surface area contributed by atoms with E-state index < -0.39 is 6.09 Å². The Morgan fingerprint density at radius 1 is 1.53 bits per heavy atom. The Morgan fingerprint density at radius 2 is 2.13 bits per heavy atom. The number of nitrogens with zero attached hydrogens (tertiary/aromatic N) is 1. The largest absolute Gasteiger partial charge is 0.465 e. The van der Waals surface area contributed by atoms with Gasteiger partial charge in [-0.15, -0.1) is 6.58 Å². The number of piperazine rings is 1. The Hall–Kier alpha value is -1.03. The summed E-state index contributed by atoms with van der Waals surface area (Å²) in [5.41, 5.74) is 0.0510. The van der Waals surface area contributed by atoms with E-state index in [0.717, 1.165) is 0 Å². The maximum atomic E-state index is 11.0. The number of nitrogens with one attached hydrogen (secondary N) is 1. The molecule has 86 valence electrons. The molecule has 2 atom stereocenters. The first-order valence-electron chi connectivity index (χ1n) is 5.21. The number of hydrogen-bond acceptors (Lipinski definition) is 2. The lowest BCUT2D eigenvalue weighted by atomic mass is 9.84. The fourth-order valence-corrected chi connectivity index (χ4v) is 1.72. The van der Waals surface area contributed by atoms with Crippen molar-refractivity contribution in [1.82, 2.24) is 10.2 Å². The van der Waals surface area contributed by atoms with Crippen LogP contribution in [0.4, 0.5) is 4.79 Å². The van der Waals surface area contributed by atoms with Gasteiger partial charge in [0.25, 0.3) is 0 Å². The summed E-state index contributed by atoms with van der Waals surface area (Å²) >= 11 is 0. The SMILES string of the molecule is C=CC1CN(C(=O)O)CC(C(C)(C)C)N1. The number of hydrogen-bond donors (Lipinski definition) is 2. The average Bonchev–Trinajstić information content (AvgIpc) is 2.15. The van der Waals surface area contributed by atoms with Gasteiger partial charge >= 0.3 is 6.09 Å². The van der Waals surface area contributed by atoms with Crippen LogP contribution in [-0.2, 0) is 0 Å². The van der Waals surface area contributed by atoms with Crippen molar-refractivity contribution in [1.29, 1.82) is 0 Å². The highest BCUT2D eigenvalue weighted by molar-refractivity contribution is 5.65. The molecule has 0 aromatic rings. The maximum absolute atomic E-state index is 11.0. The molecular formula is C11H20N2O2. The van der Waals surface area contributed by atoms with E-state index in [1.807, 2.05) is 0 Å². The van der Waals surface area contributed by atoms with Gasteiger partial charge in [0.1, 0.15) is 0 Å². The van der Waals surface area contributed by atoms with Gasteiger partial charge in [-0.2, -0.15) is 0 Å². The summed E-state index contributed by atoms with van der Waals surface area (Å²) in [5.74, 6) is 0. The van der Waals surface area contributed by atoms with Gasteiger partial charge in [-0.3, -0.25) is 0 Å². The van der Waals surface area contributed by atoms with Crippen LogP contribution in [-0.4, -0.2) is 41.3 Å². The van der Waals surface area contributed by atoms with E-state index in [1.54, 1.807) is 6.08 Å². The first-order chi connectivity index (χ1) is 6.84. The summed E-state index contributed by atoms with van der Waals surface area (Å²) in [7, 11) is 0. The molecule has 0 aliphatic carbocycles. The lowest BCUT2D eigenvalue weighted by molar-refractivity contribution is 0.0962. The summed E-state index contributed by atoms with van der Waals surface area (Å²) in [6, 6.07) is 0.226. The lowest BCUT2D eigenvalue weighted by Crippen LogP contribution is -2.60. The minimum absolute atomic E-state index is 0.0510. The normalized spacial score (nSPS) is 27.5. The summed E-state index contributed by atoms with van der Waals surface area (Å²) < 4.78 is 0. The molecule has 0 spiro atoms. The molecular weight excluding hydrogens is 192 g/mol. The first-order valence-corrected chi connectivity index (χ1v) is 5.21. The third-order valence-corrected chi connectivity index (χ3v) is 2.84. The van der Waals surface area contributed by atoms with E-state index in [0.29, 0.717) is 13.1 Å². The molecule has 1 fully saturated rings. The minimum Gasteiger partial charge on any atom is -0.465 e. The molecule has 2 unspecified atom stereocenters. The molecule has 1 aliphatic heterocycles. The van der Waals surface area contributed by atoms with Gasteiger partial charge in [-0.1, -0.05) is 26.8 Å². The highest BCUT2D eigenvalue weighted by atomic mass is 16.4. The number of carbonyl (C=O) groups is 1. The fraction of sp³-hybridized carbons (Fsp3) is 0.727. The molecule has 1 saturated heterocycles. The molecule has 1 aliphatic rings. The molecule has 4 heteroatoms. The third-order valence-electron chi connectivity index (χ3n) is 2.84. The van der Waals surface area contributed by atoms with Crippen LogP contribution in [0.3, 0.4) is 0 Å². The van der Waals surface area contributed by atoms with Crippen molar-refractivity contribution in [3.05, 3.63) is 12.7 Å². The number of rotatable bonds is 1. The Labute approximate surface area is 91.0 Å². The van der Waals surface area contributed by atoms with E-state index in [9.17, 15) is 4.79 Å². The smallest absolute Gasteiger partial charge is 0.407 e. The second-order valence-electron chi connectivity index (χ2n) is 5.12. The predicted molar refractivity (Wildman–Crippen MR) is 60.0 cm³/mol. The lowest BCUT2D eigenvalue weighted by Gasteiger charge is -2.42. The van der Waals surface area contributed by atoms with Gasteiger partial charge in [-0.05, 0) is 5.41 Å². The van der Waals surface area contributed by atoms with Crippen molar-refractivity contribution in [3.8, 4) is 0 Å². The summed E-state index contributed by atoms with van der Waals surface area (Å²) in [6.45, 7) is 11.1.